The molecule has 1 aromatic heterocycles. The summed E-state index contributed by atoms with van der Waals surface area (Å²) < 4.78 is 32.0. The number of benzene rings is 4. The van der Waals surface area contributed by atoms with Crippen molar-refractivity contribution in [3.63, 3.8) is 0 Å². The van der Waals surface area contributed by atoms with Crippen molar-refractivity contribution in [2.24, 2.45) is 0 Å². The van der Waals surface area contributed by atoms with Crippen LogP contribution >= 0.6 is 27.5 Å². The first-order chi connectivity index (χ1) is 20.4. The van der Waals surface area contributed by atoms with Gasteiger partial charge in [0.15, 0.2) is 5.82 Å². The van der Waals surface area contributed by atoms with Gasteiger partial charge in [-0.3, -0.25) is 4.55 Å². The molecule has 1 aliphatic rings. The second-order valence-electron chi connectivity index (χ2n) is 9.77. The van der Waals surface area contributed by atoms with Crippen LogP contribution in [0.15, 0.2) is 114 Å². The second kappa shape index (κ2) is 13.3. The summed E-state index contributed by atoms with van der Waals surface area (Å²) in [4.78, 5) is -0.192. The number of tetrazole rings is 1. The van der Waals surface area contributed by atoms with Crippen LogP contribution < -0.4 is 5.32 Å². The lowest BCUT2D eigenvalue weighted by atomic mass is 9.77. The van der Waals surface area contributed by atoms with Crippen molar-refractivity contribution >= 4 is 37.6 Å². The summed E-state index contributed by atoms with van der Waals surface area (Å²) in [6.07, 6.45) is 2.17. The lowest BCUT2D eigenvalue weighted by Gasteiger charge is -2.37. The van der Waals surface area contributed by atoms with Crippen LogP contribution in [0.1, 0.15) is 47.0 Å². The van der Waals surface area contributed by atoms with Crippen molar-refractivity contribution in [1.82, 2.24) is 25.5 Å². The summed E-state index contributed by atoms with van der Waals surface area (Å²) >= 11 is 8.92. The molecule has 6 rings (SSSR count). The first-order valence-corrected chi connectivity index (χ1v) is 16.3. The van der Waals surface area contributed by atoms with E-state index in [1.165, 1.54) is 12.1 Å². The number of halogens is 2. The molecule has 0 bridgehead atoms. The number of nitrogens with one attached hydrogen (secondary N) is 1. The molecule has 5 aromatic rings. The van der Waals surface area contributed by atoms with E-state index < -0.39 is 15.7 Å². The van der Waals surface area contributed by atoms with Crippen LogP contribution in [-0.2, 0) is 21.0 Å². The predicted molar refractivity (Wildman–Crippen MR) is 166 cm³/mol. The summed E-state index contributed by atoms with van der Waals surface area (Å²) in [6, 6.07) is 35.8. The van der Waals surface area contributed by atoms with Gasteiger partial charge in [0.1, 0.15) is 5.54 Å². The Labute approximate surface area is 258 Å². The van der Waals surface area contributed by atoms with Crippen LogP contribution in [0.5, 0.6) is 0 Å². The average molecular weight is 667 g/mol. The normalized spacial score (nSPS) is 15.2. The minimum Gasteiger partial charge on any atom is -0.307 e. The zero-order valence-electron chi connectivity index (χ0n) is 22.5. The van der Waals surface area contributed by atoms with Gasteiger partial charge in [-0.25, -0.2) is 4.68 Å². The van der Waals surface area contributed by atoms with Gasteiger partial charge in [0.2, 0.25) is 0 Å². The molecular formula is C31H29BrClN5O3S. The third-order valence-electron chi connectivity index (χ3n) is 7.22. The Balaban J connectivity index is 0.000000229. The second-order valence-corrected chi connectivity index (χ2v) is 12.2. The molecule has 42 heavy (non-hydrogen) atoms. The fraction of sp³-hybridized carbons (Fsp3) is 0.194. The standard InChI is InChI=1S/C24H23N5.C7H6BrClO3S/c1-4-11-19(12-5-1)24(20-13-6-2-7-14-20,21-15-8-3-9-16-21)29-23(26-27-28-29)22-17-10-18-25-22;8-4-5-1-2-6(3-7(5)9)13(10,11)12/h1-9,11-16,22,25H,10,17-18H2;1-3H,4H2,(H,10,11,12). The lowest BCUT2D eigenvalue weighted by molar-refractivity contribution is 0.408. The Hall–Kier alpha value is -3.41. The molecule has 2 N–H and O–H groups in total. The molecule has 1 unspecified atom stereocenters. The Morgan fingerprint density at radius 1 is 0.905 bits per heavy atom. The van der Waals surface area contributed by atoms with Crippen LogP contribution in [0, 0.1) is 0 Å². The summed E-state index contributed by atoms with van der Waals surface area (Å²) in [6.45, 7) is 0.993. The van der Waals surface area contributed by atoms with E-state index >= 15 is 0 Å². The number of hydrogen-bond donors (Lipinski definition) is 2. The molecule has 0 amide bonds. The van der Waals surface area contributed by atoms with Gasteiger partial charge in [0, 0.05) is 10.4 Å². The van der Waals surface area contributed by atoms with Crippen molar-refractivity contribution in [1.29, 1.82) is 0 Å². The minimum absolute atomic E-state index is 0.153. The Kier molecular flexibility index (Phi) is 9.50. The van der Waals surface area contributed by atoms with Crippen molar-refractivity contribution in [3.05, 3.63) is 142 Å². The summed E-state index contributed by atoms with van der Waals surface area (Å²) in [5.41, 5.74) is 3.50. The highest BCUT2D eigenvalue weighted by atomic mass is 79.9. The van der Waals surface area contributed by atoms with Crippen molar-refractivity contribution in [2.75, 3.05) is 6.54 Å². The Morgan fingerprint density at radius 3 is 1.88 bits per heavy atom. The van der Waals surface area contributed by atoms with Gasteiger partial charge in [0.25, 0.3) is 10.1 Å². The zero-order chi connectivity index (χ0) is 29.6. The highest BCUT2D eigenvalue weighted by Gasteiger charge is 2.42. The maximum atomic E-state index is 10.7. The fourth-order valence-electron chi connectivity index (χ4n) is 5.26. The maximum Gasteiger partial charge on any atom is 0.294 e. The highest BCUT2D eigenvalue weighted by Crippen LogP contribution is 2.41. The quantitative estimate of drug-likeness (QED) is 0.117. The van der Waals surface area contributed by atoms with Crippen LogP contribution in [0.4, 0.5) is 0 Å². The molecule has 216 valence electrons. The molecule has 11 heteroatoms. The van der Waals surface area contributed by atoms with Crippen LogP contribution in [0.25, 0.3) is 0 Å². The fourth-order valence-corrected chi connectivity index (χ4v) is 6.73. The van der Waals surface area contributed by atoms with E-state index in [1.807, 2.05) is 22.9 Å². The van der Waals surface area contributed by atoms with Crippen molar-refractivity contribution < 1.29 is 13.0 Å². The number of hydrogen-bond acceptors (Lipinski definition) is 6. The SMILES string of the molecule is O=S(=O)(O)c1ccc(CBr)c(Cl)c1.c1ccc(C(c2ccccc2)(c2ccccc2)n2nnnc2C2CCCN2)cc1. The van der Waals surface area contributed by atoms with Gasteiger partial charge in [-0.2, -0.15) is 8.42 Å². The van der Waals surface area contributed by atoms with Crippen molar-refractivity contribution in [2.45, 2.75) is 34.6 Å². The molecule has 1 aliphatic heterocycles. The van der Waals surface area contributed by atoms with E-state index in [1.54, 1.807) is 6.07 Å². The van der Waals surface area contributed by atoms with Gasteiger partial charge < -0.3 is 5.32 Å². The van der Waals surface area contributed by atoms with E-state index in [0.29, 0.717) is 10.4 Å². The predicted octanol–water partition coefficient (Wildman–Crippen LogP) is 6.42. The topological polar surface area (TPSA) is 110 Å². The molecule has 4 aromatic carbocycles. The lowest BCUT2D eigenvalue weighted by Crippen LogP contribution is -2.41. The van der Waals surface area contributed by atoms with E-state index in [9.17, 15) is 8.42 Å². The van der Waals surface area contributed by atoms with Crippen molar-refractivity contribution in [3.8, 4) is 0 Å². The first-order valence-electron chi connectivity index (χ1n) is 13.4. The summed E-state index contributed by atoms with van der Waals surface area (Å²) in [7, 11) is -4.15. The number of alkyl halides is 1. The number of rotatable bonds is 7. The van der Waals surface area contributed by atoms with Gasteiger partial charge >= 0.3 is 0 Å². The average Bonchev–Trinajstić information content (AvgIpc) is 3.72. The van der Waals surface area contributed by atoms with Crippen LogP contribution in [0.2, 0.25) is 5.02 Å². The number of nitrogens with zero attached hydrogens (tertiary/aromatic N) is 4. The number of aromatic nitrogens is 4. The molecule has 0 saturated carbocycles. The Bertz CT molecular complexity index is 1620. The first kappa shape index (κ1) is 30.1. The highest BCUT2D eigenvalue weighted by molar-refractivity contribution is 9.08. The summed E-state index contributed by atoms with van der Waals surface area (Å²) in [5.74, 6) is 0.874. The van der Waals surface area contributed by atoms with Gasteiger partial charge in [-0.15, -0.1) is 5.10 Å². The molecular weight excluding hydrogens is 638 g/mol. The van der Waals surface area contributed by atoms with E-state index in [-0.39, 0.29) is 10.9 Å². The minimum atomic E-state index is -4.15. The largest absolute Gasteiger partial charge is 0.307 e. The van der Waals surface area contributed by atoms with Crippen LogP contribution in [-0.4, -0.2) is 39.7 Å². The van der Waals surface area contributed by atoms with Crippen LogP contribution in [0.3, 0.4) is 0 Å². The molecule has 2 heterocycles. The summed E-state index contributed by atoms with van der Waals surface area (Å²) in [5, 5.41) is 17.6. The van der Waals surface area contributed by atoms with E-state index in [2.05, 4.69) is 110 Å². The van der Waals surface area contributed by atoms with Gasteiger partial charge in [-0.1, -0.05) is 125 Å². The molecule has 1 saturated heterocycles. The molecule has 0 radical (unpaired) electrons. The maximum absolute atomic E-state index is 10.7. The zero-order valence-corrected chi connectivity index (χ0v) is 25.7. The molecule has 8 nitrogen and oxygen atoms in total. The molecule has 0 aliphatic carbocycles. The molecule has 1 atom stereocenters. The van der Waals surface area contributed by atoms with Gasteiger partial charge in [0.05, 0.1) is 10.9 Å². The third kappa shape index (κ3) is 6.18. The van der Waals surface area contributed by atoms with E-state index in [4.69, 9.17) is 16.2 Å². The Morgan fingerprint density at radius 2 is 1.45 bits per heavy atom. The molecule has 1 fully saturated rings. The third-order valence-corrected chi connectivity index (χ3v) is 9.03. The monoisotopic (exact) mass is 665 g/mol. The van der Waals surface area contributed by atoms with E-state index in [0.717, 1.165) is 47.5 Å². The van der Waals surface area contributed by atoms with Gasteiger partial charge in [-0.05, 0) is 64.2 Å². The molecule has 0 spiro atoms. The smallest absolute Gasteiger partial charge is 0.294 e.